The summed E-state index contributed by atoms with van der Waals surface area (Å²) in [5.74, 6) is -1.52. The molecule has 1 aromatic heterocycles. The van der Waals surface area contributed by atoms with Crippen LogP contribution in [0.15, 0.2) is 66.7 Å². The number of hydrogen-bond donors (Lipinski definition) is 0. The van der Waals surface area contributed by atoms with Crippen LogP contribution in [0.2, 0.25) is 0 Å². The van der Waals surface area contributed by atoms with Gasteiger partial charge in [0.15, 0.2) is 10.9 Å². The summed E-state index contributed by atoms with van der Waals surface area (Å²) in [7, 11) is 3.83. The van der Waals surface area contributed by atoms with E-state index in [0.29, 0.717) is 22.9 Å². The smallest absolute Gasteiger partial charge is 0.233 e. The third-order valence-corrected chi connectivity index (χ3v) is 6.15. The van der Waals surface area contributed by atoms with E-state index in [2.05, 4.69) is 4.98 Å². The molecule has 1 amide bonds. The highest BCUT2D eigenvalue weighted by Gasteiger charge is 2.21. The normalized spacial score (nSPS) is 11.3. The Kier molecular flexibility index (Phi) is 6.58. The zero-order valence-electron chi connectivity index (χ0n) is 17.9. The zero-order chi connectivity index (χ0) is 22.7. The van der Waals surface area contributed by atoms with Crippen LogP contribution >= 0.6 is 11.3 Å². The highest BCUT2D eigenvalue weighted by molar-refractivity contribution is 7.22. The summed E-state index contributed by atoms with van der Waals surface area (Å²) in [6, 6.07) is 20.0. The van der Waals surface area contributed by atoms with E-state index in [0.717, 1.165) is 34.1 Å². The molecule has 0 bridgehead atoms. The van der Waals surface area contributed by atoms with E-state index in [1.165, 1.54) is 6.07 Å². The van der Waals surface area contributed by atoms with E-state index in [1.54, 1.807) is 4.90 Å². The minimum Gasteiger partial charge on any atom is -0.308 e. The minimum absolute atomic E-state index is 0.0845. The molecule has 0 unspecified atom stereocenters. The molecule has 0 fully saturated rings. The zero-order valence-corrected chi connectivity index (χ0v) is 18.7. The number of carbonyl (C=O) groups excluding carboxylic acids is 1. The first-order chi connectivity index (χ1) is 15.4. The molecule has 0 saturated carbocycles. The number of nitrogens with zero attached hydrogens (tertiary/aromatic N) is 3. The van der Waals surface area contributed by atoms with Crippen molar-refractivity contribution < 1.29 is 13.6 Å². The van der Waals surface area contributed by atoms with Gasteiger partial charge in [0.2, 0.25) is 5.91 Å². The second-order valence-corrected chi connectivity index (χ2v) is 8.83. The predicted octanol–water partition coefficient (Wildman–Crippen LogP) is 5.38. The van der Waals surface area contributed by atoms with Gasteiger partial charge in [-0.1, -0.05) is 65.9 Å². The van der Waals surface area contributed by atoms with Crippen LogP contribution < -0.4 is 4.90 Å². The molecular formula is C25H23F2N3OS. The number of halogens is 2. The lowest BCUT2D eigenvalue weighted by atomic mass is 10.0. The largest absolute Gasteiger partial charge is 0.308 e. The van der Waals surface area contributed by atoms with Crippen LogP contribution in [0.4, 0.5) is 13.9 Å². The molecule has 0 radical (unpaired) electrons. The molecule has 164 valence electrons. The number of thiazole rings is 1. The van der Waals surface area contributed by atoms with E-state index < -0.39 is 11.6 Å². The number of fused-ring (bicyclic) bond motifs is 1. The summed E-state index contributed by atoms with van der Waals surface area (Å²) >= 11 is 1.12. The maximum absolute atomic E-state index is 14.2. The van der Waals surface area contributed by atoms with Gasteiger partial charge in [-0.15, -0.1) is 0 Å². The first-order valence-corrected chi connectivity index (χ1v) is 11.1. The van der Waals surface area contributed by atoms with Gasteiger partial charge in [-0.05, 0) is 36.9 Å². The molecule has 4 rings (SSSR count). The summed E-state index contributed by atoms with van der Waals surface area (Å²) in [5.41, 5.74) is 3.15. The van der Waals surface area contributed by atoms with Gasteiger partial charge in [-0.3, -0.25) is 9.69 Å². The Morgan fingerprint density at radius 1 is 0.938 bits per heavy atom. The Morgan fingerprint density at radius 2 is 1.62 bits per heavy atom. The first kappa shape index (κ1) is 22.0. The number of amides is 1. The molecular weight excluding hydrogens is 428 g/mol. The average molecular weight is 452 g/mol. The van der Waals surface area contributed by atoms with Gasteiger partial charge in [0.1, 0.15) is 11.3 Å². The standard InChI is InChI=1S/C25H23F2N3OS/c1-29(2)12-13-30(25-28-24-21(27)15-20(26)16-22(24)32-25)23(31)14-17-8-10-19(11-9-17)18-6-4-3-5-7-18/h3-11,15-16H,12-14H2,1-2H3. The van der Waals surface area contributed by atoms with Crippen LogP contribution in [0.3, 0.4) is 0 Å². The molecule has 0 saturated heterocycles. The molecule has 4 aromatic rings. The number of carbonyl (C=O) groups is 1. The molecule has 4 nitrogen and oxygen atoms in total. The fourth-order valence-corrected chi connectivity index (χ4v) is 4.45. The highest BCUT2D eigenvalue weighted by atomic mass is 32.1. The fraction of sp³-hybridized carbons (Fsp3) is 0.200. The van der Waals surface area contributed by atoms with Crippen LogP contribution in [0.5, 0.6) is 0 Å². The second-order valence-electron chi connectivity index (χ2n) is 7.82. The summed E-state index contributed by atoms with van der Waals surface area (Å²) in [5, 5.41) is 0.372. The van der Waals surface area contributed by atoms with Gasteiger partial charge < -0.3 is 4.90 Å². The lowest BCUT2D eigenvalue weighted by Crippen LogP contribution is -2.37. The third kappa shape index (κ3) is 5.00. The molecule has 0 aliphatic heterocycles. The van der Waals surface area contributed by atoms with Crippen LogP contribution in [-0.4, -0.2) is 43.0 Å². The Balaban J connectivity index is 1.58. The number of rotatable bonds is 7. The van der Waals surface area contributed by atoms with Crippen molar-refractivity contribution in [3.8, 4) is 11.1 Å². The fourth-order valence-electron chi connectivity index (χ4n) is 3.40. The number of benzene rings is 3. The monoisotopic (exact) mass is 451 g/mol. The lowest BCUT2D eigenvalue weighted by Gasteiger charge is -2.22. The Labute approximate surface area is 189 Å². The summed E-state index contributed by atoms with van der Waals surface area (Å²) in [6.07, 6.45) is 0.190. The topological polar surface area (TPSA) is 36.4 Å². The molecule has 0 N–H and O–H groups in total. The molecule has 3 aromatic carbocycles. The van der Waals surface area contributed by atoms with Gasteiger partial charge in [-0.25, -0.2) is 13.8 Å². The van der Waals surface area contributed by atoms with E-state index in [9.17, 15) is 13.6 Å². The van der Waals surface area contributed by atoms with Gasteiger partial charge in [-0.2, -0.15) is 0 Å². The second kappa shape index (κ2) is 9.54. The van der Waals surface area contributed by atoms with Crippen LogP contribution in [0.1, 0.15) is 5.56 Å². The lowest BCUT2D eigenvalue weighted by molar-refractivity contribution is -0.118. The van der Waals surface area contributed by atoms with E-state index in [4.69, 9.17) is 0 Å². The van der Waals surface area contributed by atoms with Crippen LogP contribution in [0.25, 0.3) is 21.3 Å². The number of anilines is 1. The number of aromatic nitrogens is 1. The maximum atomic E-state index is 14.2. The van der Waals surface area contributed by atoms with Gasteiger partial charge in [0.25, 0.3) is 0 Å². The van der Waals surface area contributed by atoms with Gasteiger partial charge >= 0.3 is 0 Å². The van der Waals surface area contributed by atoms with Crippen molar-refractivity contribution >= 4 is 32.6 Å². The van der Waals surface area contributed by atoms with Crippen molar-refractivity contribution in [1.29, 1.82) is 0 Å². The Hall–Kier alpha value is -3.16. The Bertz CT molecular complexity index is 1220. The van der Waals surface area contributed by atoms with Crippen LogP contribution in [0, 0.1) is 11.6 Å². The van der Waals surface area contributed by atoms with Gasteiger partial charge in [0.05, 0.1) is 11.1 Å². The molecule has 0 aliphatic rings. The molecule has 7 heteroatoms. The quantitative estimate of drug-likeness (QED) is 0.379. The van der Waals surface area contributed by atoms with Crippen molar-refractivity contribution in [2.24, 2.45) is 0 Å². The third-order valence-electron chi connectivity index (χ3n) is 5.12. The van der Waals surface area contributed by atoms with Crippen molar-refractivity contribution in [1.82, 2.24) is 9.88 Å². The molecule has 0 atom stereocenters. The Morgan fingerprint density at radius 3 is 2.31 bits per heavy atom. The van der Waals surface area contributed by atoms with Crippen molar-refractivity contribution in [2.45, 2.75) is 6.42 Å². The summed E-state index contributed by atoms with van der Waals surface area (Å²) in [6.45, 7) is 1.02. The summed E-state index contributed by atoms with van der Waals surface area (Å²) < 4.78 is 28.2. The number of hydrogen-bond acceptors (Lipinski definition) is 4. The van der Waals surface area contributed by atoms with Crippen molar-refractivity contribution in [3.05, 3.63) is 83.9 Å². The number of likely N-dealkylation sites (N-methyl/N-ethyl adjacent to an activating group) is 1. The minimum atomic E-state index is -0.723. The van der Waals surface area contributed by atoms with E-state index >= 15 is 0 Å². The molecule has 0 aliphatic carbocycles. The predicted molar refractivity (Wildman–Crippen MR) is 126 cm³/mol. The SMILES string of the molecule is CN(C)CCN(C(=O)Cc1ccc(-c2ccccc2)cc1)c1nc2c(F)cc(F)cc2s1. The first-order valence-electron chi connectivity index (χ1n) is 10.3. The van der Waals surface area contributed by atoms with Crippen LogP contribution in [-0.2, 0) is 11.2 Å². The summed E-state index contributed by atoms with van der Waals surface area (Å²) in [4.78, 5) is 21.1. The van der Waals surface area contributed by atoms with E-state index in [-0.39, 0.29) is 17.8 Å². The molecule has 0 spiro atoms. The van der Waals surface area contributed by atoms with Crippen molar-refractivity contribution in [2.75, 3.05) is 32.1 Å². The highest BCUT2D eigenvalue weighted by Crippen LogP contribution is 2.31. The molecule has 32 heavy (non-hydrogen) atoms. The van der Waals surface area contributed by atoms with E-state index in [1.807, 2.05) is 73.6 Å². The maximum Gasteiger partial charge on any atom is 0.233 e. The molecule has 1 heterocycles. The van der Waals surface area contributed by atoms with Gasteiger partial charge in [0, 0.05) is 19.2 Å². The van der Waals surface area contributed by atoms with Crippen molar-refractivity contribution in [3.63, 3.8) is 0 Å². The average Bonchev–Trinajstić information content (AvgIpc) is 3.19.